The van der Waals surface area contributed by atoms with Crippen LogP contribution in [-0.4, -0.2) is 16.1 Å². The third kappa shape index (κ3) is 2.85. The largest absolute Gasteiger partial charge is 0.478 e. The predicted molar refractivity (Wildman–Crippen MR) is 69.7 cm³/mol. The fourth-order valence-corrected chi connectivity index (χ4v) is 1.67. The number of benzene rings is 1. The van der Waals surface area contributed by atoms with Crippen molar-refractivity contribution < 1.29 is 9.90 Å². The molecule has 0 radical (unpaired) electrons. The molecular weight excluding hydrogens is 228 g/mol. The molecule has 2 N–H and O–H groups in total. The summed E-state index contributed by atoms with van der Waals surface area (Å²) in [6.45, 7) is 2.03. The van der Waals surface area contributed by atoms with Crippen LogP contribution in [0.3, 0.4) is 0 Å². The molecule has 1 unspecified atom stereocenters. The summed E-state index contributed by atoms with van der Waals surface area (Å²) in [5, 5.41) is 12.1. The van der Waals surface area contributed by atoms with Crippen LogP contribution in [-0.2, 0) is 0 Å². The average molecular weight is 242 g/mol. The van der Waals surface area contributed by atoms with Gasteiger partial charge in [0.2, 0.25) is 0 Å². The molecule has 92 valence electrons. The minimum Gasteiger partial charge on any atom is -0.478 e. The Morgan fingerprint density at radius 3 is 2.56 bits per heavy atom. The normalized spacial score (nSPS) is 11.8. The minimum absolute atomic E-state index is 0.120. The monoisotopic (exact) mass is 242 g/mol. The van der Waals surface area contributed by atoms with Crippen LogP contribution in [0.4, 0.5) is 5.69 Å². The number of carbonyl (C=O) groups is 1. The number of nitrogens with zero attached hydrogens (tertiary/aromatic N) is 1. The van der Waals surface area contributed by atoms with Crippen LogP contribution < -0.4 is 5.32 Å². The number of aromatic nitrogens is 1. The van der Waals surface area contributed by atoms with Gasteiger partial charge < -0.3 is 10.4 Å². The first kappa shape index (κ1) is 12.1. The Morgan fingerprint density at radius 1 is 1.28 bits per heavy atom. The summed E-state index contributed by atoms with van der Waals surface area (Å²) in [5.74, 6) is -0.915. The molecule has 1 aromatic carbocycles. The fraction of sp³-hybridized carbons (Fsp3) is 0.143. The molecular formula is C14H14N2O2. The molecule has 18 heavy (non-hydrogen) atoms. The van der Waals surface area contributed by atoms with Crippen LogP contribution in [0.1, 0.15) is 28.9 Å². The van der Waals surface area contributed by atoms with Crippen LogP contribution in [0.15, 0.2) is 48.8 Å². The highest BCUT2D eigenvalue weighted by Gasteiger charge is 2.06. The Kier molecular flexibility index (Phi) is 3.57. The van der Waals surface area contributed by atoms with E-state index in [-0.39, 0.29) is 11.6 Å². The summed E-state index contributed by atoms with van der Waals surface area (Å²) in [6, 6.07) is 10.7. The van der Waals surface area contributed by atoms with Gasteiger partial charge in [-0.3, -0.25) is 4.98 Å². The van der Waals surface area contributed by atoms with E-state index in [2.05, 4.69) is 10.3 Å². The number of rotatable bonds is 4. The van der Waals surface area contributed by atoms with E-state index < -0.39 is 5.97 Å². The van der Waals surface area contributed by atoms with Gasteiger partial charge in [-0.15, -0.1) is 0 Å². The molecule has 1 heterocycles. The number of carboxylic acids is 1. The van der Waals surface area contributed by atoms with Crippen molar-refractivity contribution in [1.29, 1.82) is 0 Å². The van der Waals surface area contributed by atoms with E-state index in [1.54, 1.807) is 30.5 Å². The number of pyridine rings is 1. The number of anilines is 1. The van der Waals surface area contributed by atoms with Gasteiger partial charge in [0, 0.05) is 18.1 Å². The highest BCUT2D eigenvalue weighted by atomic mass is 16.4. The van der Waals surface area contributed by atoms with Crippen molar-refractivity contribution in [2.75, 3.05) is 5.32 Å². The van der Waals surface area contributed by atoms with Crippen molar-refractivity contribution >= 4 is 11.7 Å². The van der Waals surface area contributed by atoms with E-state index in [0.717, 1.165) is 11.3 Å². The van der Waals surface area contributed by atoms with Gasteiger partial charge in [-0.2, -0.15) is 0 Å². The lowest BCUT2D eigenvalue weighted by Crippen LogP contribution is -2.07. The molecule has 1 atom stereocenters. The number of nitrogens with one attached hydrogen (secondary N) is 1. The van der Waals surface area contributed by atoms with Gasteiger partial charge in [0.05, 0.1) is 11.6 Å². The lowest BCUT2D eigenvalue weighted by Gasteiger charge is -2.15. The summed E-state index contributed by atoms with van der Waals surface area (Å²) in [4.78, 5) is 14.8. The molecule has 2 rings (SSSR count). The van der Waals surface area contributed by atoms with E-state index in [1.165, 1.54) is 0 Å². The Morgan fingerprint density at radius 2 is 2.00 bits per heavy atom. The van der Waals surface area contributed by atoms with Gasteiger partial charge in [0.1, 0.15) is 0 Å². The predicted octanol–water partition coefficient (Wildman–Crippen LogP) is 2.95. The zero-order valence-corrected chi connectivity index (χ0v) is 10.00. The number of aromatic carboxylic acids is 1. The standard InChI is InChI=1S/C14H14N2O2/c1-10(12-3-2-8-15-9-12)16-13-6-4-11(5-7-13)14(17)18/h2-10,16H,1H3,(H,17,18). The molecule has 0 amide bonds. The van der Waals surface area contributed by atoms with E-state index in [9.17, 15) is 4.79 Å². The average Bonchev–Trinajstić information content (AvgIpc) is 2.40. The van der Waals surface area contributed by atoms with Crippen LogP contribution in [0.2, 0.25) is 0 Å². The first-order valence-electron chi connectivity index (χ1n) is 5.66. The highest BCUT2D eigenvalue weighted by Crippen LogP contribution is 2.18. The molecule has 0 bridgehead atoms. The van der Waals surface area contributed by atoms with Gasteiger partial charge in [-0.1, -0.05) is 6.07 Å². The molecule has 4 nitrogen and oxygen atoms in total. The van der Waals surface area contributed by atoms with Crippen LogP contribution in [0.5, 0.6) is 0 Å². The zero-order valence-electron chi connectivity index (χ0n) is 10.00. The molecule has 1 aromatic heterocycles. The Hall–Kier alpha value is -2.36. The molecule has 0 aliphatic heterocycles. The zero-order chi connectivity index (χ0) is 13.0. The molecule has 0 aliphatic carbocycles. The number of carboxylic acid groups (broad SMARTS) is 1. The van der Waals surface area contributed by atoms with Crippen molar-refractivity contribution in [3.8, 4) is 0 Å². The van der Waals surface area contributed by atoms with Crippen molar-refractivity contribution in [1.82, 2.24) is 4.98 Å². The van der Waals surface area contributed by atoms with Gasteiger partial charge in [-0.25, -0.2) is 4.79 Å². The maximum Gasteiger partial charge on any atom is 0.335 e. The molecule has 0 spiro atoms. The van der Waals surface area contributed by atoms with Gasteiger partial charge in [0.15, 0.2) is 0 Å². The fourth-order valence-electron chi connectivity index (χ4n) is 1.67. The number of hydrogen-bond acceptors (Lipinski definition) is 3. The van der Waals surface area contributed by atoms with Crippen molar-refractivity contribution in [3.05, 3.63) is 59.9 Å². The van der Waals surface area contributed by atoms with Gasteiger partial charge in [-0.05, 0) is 42.8 Å². The lowest BCUT2D eigenvalue weighted by molar-refractivity contribution is 0.0697. The van der Waals surface area contributed by atoms with Gasteiger partial charge >= 0.3 is 5.97 Å². The third-order valence-corrected chi connectivity index (χ3v) is 2.70. The summed E-state index contributed by atoms with van der Waals surface area (Å²) in [5.41, 5.74) is 2.26. The second-order valence-corrected chi connectivity index (χ2v) is 4.03. The summed E-state index contributed by atoms with van der Waals surface area (Å²) in [7, 11) is 0. The Bertz CT molecular complexity index is 523. The highest BCUT2D eigenvalue weighted by molar-refractivity contribution is 5.88. The summed E-state index contributed by atoms with van der Waals surface area (Å²) >= 11 is 0. The van der Waals surface area contributed by atoms with Gasteiger partial charge in [0.25, 0.3) is 0 Å². The SMILES string of the molecule is CC(Nc1ccc(C(=O)O)cc1)c1cccnc1. The van der Waals surface area contributed by atoms with E-state index >= 15 is 0 Å². The number of hydrogen-bond donors (Lipinski definition) is 2. The van der Waals surface area contributed by atoms with E-state index in [0.29, 0.717) is 0 Å². The van der Waals surface area contributed by atoms with Crippen molar-refractivity contribution in [2.45, 2.75) is 13.0 Å². The Labute approximate surface area is 105 Å². The molecule has 2 aromatic rings. The quantitative estimate of drug-likeness (QED) is 0.865. The first-order valence-corrected chi connectivity index (χ1v) is 5.66. The van der Waals surface area contributed by atoms with Crippen LogP contribution in [0.25, 0.3) is 0 Å². The minimum atomic E-state index is -0.915. The summed E-state index contributed by atoms with van der Waals surface area (Å²) < 4.78 is 0. The van der Waals surface area contributed by atoms with E-state index in [1.807, 2.05) is 25.3 Å². The lowest BCUT2D eigenvalue weighted by atomic mass is 10.1. The maximum absolute atomic E-state index is 10.7. The van der Waals surface area contributed by atoms with Crippen molar-refractivity contribution in [2.24, 2.45) is 0 Å². The molecule has 0 aliphatic rings. The summed E-state index contributed by atoms with van der Waals surface area (Å²) in [6.07, 6.45) is 3.54. The topological polar surface area (TPSA) is 62.2 Å². The molecule has 4 heteroatoms. The molecule has 0 saturated carbocycles. The molecule has 0 saturated heterocycles. The van der Waals surface area contributed by atoms with Crippen LogP contribution >= 0.6 is 0 Å². The molecule has 0 fully saturated rings. The second kappa shape index (κ2) is 5.31. The maximum atomic E-state index is 10.7. The van der Waals surface area contributed by atoms with Crippen LogP contribution in [0, 0.1) is 0 Å². The smallest absolute Gasteiger partial charge is 0.335 e. The van der Waals surface area contributed by atoms with E-state index in [4.69, 9.17) is 5.11 Å². The van der Waals surface area contributed by atoms with Crippen molar-refractivity contribution in [3.63, 3.8) is 0 Å². The third-order valence-electron chi connectivity index (χ3n) is 2.70. The second-order valence-electron chi connectivity index (χ2n) is 4.03. The first-order chi connectivity index (χ1) is 8.66. The Balaban J connectivity index is 2.08.